The van der Waals surface area contributed by atoms with Crippen molar-refractivity contribution in [2.24, 2.45) is 5.41 Å². The van der Waals surface area contributed by atoms with Gasteiger partial charge in [-0.05, 0) is 48.9 Å². The van der Waals surface area contributed by atoms with Gasteiger partial charge in [-0.25, -0.2) is 4.79 Å². The van der Waals surface area contributed by atoms with Crippen LogP contribution in [0, 0.1) is 5.41 Å². The molecule has 1 amide bonds. The van der Waals surface area contributed by atoms with Gasteiger partial charge in [0.05, 0.1) is 0 Å². The summed E-state index contributed by atoms with van der Waals surface area (Å²) in [6.45, 7) is 3.39. The normalized spacial score (nSPS) is 21.4. The Labute approximate surface area is 123 Å². The van der Waals surface area contributed by atoms with Gasteiger partial charge in [0.25, 0.3) is 0 Å². The number of halogens is 1. The highest BCUT2D eigenvalue weighted by atomic mass is 35.5. The summed E-state index contributed by atoms with van der Waals surface area (Å²) in [6, 6.07) is 7.95. The molecular weight excluding hydrogens is 276 g/mol. The number of carbonyl (C=O) groups is 1. The van der Waals surface area contributed by atoms with E-state index < -0.39 is 6.09 Å². The number of hydrogen-bond donors (Lipinski definition) is 1. The van der Waals surface area contributed by atoms with Gasteiger partial charge >= 0.3 is 6.09 Å². The highest BCUT2D eigenvalue weighted by Crippen LogP contribution is 2.41. The van der Waals surface area contributed by atoms with Gasteiger partial charge < -0.3 is 14.9 Å². The summed E-state index contributed by atoms with van der Waals surface area (Å²) in [4.78, 5) is 15.0. The third kappa shape index (κ3) is 2.57. The number of anilines is 1. The third-order valence-corrected chi connectivity index (χ3v) is 4.98. The maximum atomic E-state index is 11.0. The lowest BCUT2D eigenvalue weighted by Gasteiger charge is -2.40. The Morgan fingerprint density at radius 1 is 1.10 bits per heavy atom. The monoisotopic (exact) mass is 294 g/mol. The molecule has 2 heterocycles. The fourth-order valence-corrected chi connectivity index (χ4v) is 3.52. The fourth-order valence-electron chi connectivity index (χ4n) is 3.40. The Kier molecular flexibility index (Phi) is 3.50. The Hall–Kier alpha value is -1.42. The highest BCUT2D eigenvalue weighted by molar-refractivity contribution is 6.30. The minimum absolute atomic E-state index is 0.210. The average Bonchev–Trinajstić information content (AvgIpc) is 2.85. The van der Waals surface area contributed by atoms with Crippen LogP contribution in [0.1, 0.15) is 19.3 Å². The van der Waals surface area contributed by atoms with Crippen LogP contribution in [-0.4, -0.2) is 42.3 Å². The molecule has 1 spiro atoms. The van der Waals surface area contributed by atoms with E-state index in [1.165, 1.54) is 5.69 Å². The Balaban J connectivity index is 1.62. The number of piperidine rings is 1. The Bertz CT molecular complexity index is 495. The first-order chi connectivity index (χ1) is 9.58. The molecule has 2 aliphatic rings. The summed E-state index contributed by atoms with van der Waals surface area (Å²) in [5.74, 6) is 0. The van der Waals surface area contributed by atoms with Crippen LogP contribution in [0.15, 0.2) is 24.3 Å². The van der Waals surface area contributed by atoms with Crippen LogP contribution >= 0.6 is 11.6 Å². The van der Waals surface area contributed by atoms with Gasteiger partial charge in [-0.15, -0.1) is 0 Å². The molecule has 0 radical (unpaired) electrons. The molecule has 0 atom stereocenters. The van der Waals surface area contributed by atoms with Crippen molar-refractivity contribution in [2.45, 2.75) is 19.3 Å². The average molecular weight is 295 g/mol. The van der Waals surface area contributed by atoms with E-state index in [-0.39, 0.29) is 5.41 Å². The second-order valence-corrected chi connectivity index (χ2v) is 6.35. The largest absolute Gasteiger partial charge is 0.465 e. The molecule has 1 aromatic carbocycles. The highest BCUT2D eigenvalue weighted by Gasteiger charge is 2.42. The number of amides is 1. The molecule has 3 rings (SSSR count). The van der Waals surface area contributed by atoms with Gasteiger partial charge in [0, 0.05) is 36.9 Å². The third-order valence-electron chi connectivity index (χ3n) is 4.72. The molecule has 1 aromatic rings. The van der Waals surface area contributed by atoms with Crippen molar-refractivity contribution in [3.8, 4) is 0 Å². The van der Waals surface area contributed by atoms with E-state index in [2.05, 4.69) is 17.0 Å². The Morgan fingerprint density at radius 2 is 1.70 bits per heavy atom. The lowest BCUT2D eigenvalue weighted by Crippen LogP contribution is -2.42. The minimum atomic E-state index is -0.776. The van der Waals surface area contributed by atoms with Crippen LogP contribution < -0.4 is 4.90 Å². The lowest BCUT2D eigenvalue weighted by atomic mass is 9.77. The molecule has 0 unspecified atom stereocenters. The van der Waals surface area contributed by atoms with Crippen LogP contribution in [0.25, 0.3) is 0 Å². The van der Waals surface area contributed by atoms with Crippen molar-refractivity contribution in [2.75, 3.05) is 31.1 Å². The molecule has 108 valence electrons. The van der Waals surface area contributed by atoms with Crippen molar-refractivity contribution in [3.05, 3.63) is 29.3 Å². The first-order valence-corrected chi connectivity index (χ1v) is 7.44. The smallest absolute Gasteiger partial charge is 0.407 e. The molecular formula is C15H19ClN2O2. The van der Waals surface area contributed by atoms with E-state index in [1.54, 1.807) is 4.90 Å². The van der Waals surface area contributed by atoms with E-state index in [1.807, 2.05) is 12.1 Å². The van der Waals surface area contributed by atoms with Crippen molar-refractivity contribution in [3.63, 3.8) is 0 Å². The van der Waals surface area contributed by atoms with Gasteiger partial charge in [-0.1, -0.05) is 11.6 Å². The van der Waals surface area contributed by atoms with E-state index >= 15 is 0 Å². The number of nitrogens with zero attached hydrogens (tertiary/aromatic N) is 2. The SMILES string of the molecule is O=C(O)N1CCC2(CCN(c3ccc(Cl)cc3)CC2)C1. The fraction of sp³-hybridized carbons (Fsp3) is 0.533. The first-order valence-electron chi connectivity index (χ1n) is 7.06. The lowest BCUT2D eigenvalue weighted by molar-refractivity contribution is 0.144. The maximum absolute atomic E-state index is 11.0. The van der Waals surface area contributed by atoms with Gasteiger partial charge in [-0.3, -0.25) is 0 Å². The summed E-state index contributed by atoms with van der Waals surface area (Å²) in [5.41, 5.74) is 1.42. The topological polar surface area (TPSA) is 43.8 Å². The summed E-state index contributed by atoms with van der Waals surface area (Å²) < 4.78 is 0. The van der Waals surface area contributed by atoms with Crippen LogP contribution in [-0.2, 0) is 0 Å². The number of hydrogen-bond acceptors (Lipinski definition) is 2. The van der Waals surface area contributed by atoms with Crippen LogP contribution in [0.2, 0.25) is 5.02 Å². The van der Waals surface area contributed by atoms with E-state index in [9.17, 15) is 4.79 Å². The minimum Gasteiger partial charge on any atom is -0.465 e. The first kappa shape index (κ1) is 13.6. The van der Waals surface area contributed by atoms with Crippen molar-refractivity contribution < 1.29 is 9.90 Å². The van der Waals surface area contributed by atoms with E-state index in [0.717, 1.165) is 37.4 Å². The number of benzene rings is 1. The van der Waals surface area contributed by atoms with E-state index in [4.69, 9.17) is 16.7 Å². The summed E-state index contributed by atoms with van der Waals surface area (Å²) >= 11 is 5.92. The molecule has 0 saturated carbocycles. The zero-order valence-electron chi connectivity index (χ0n) is 11.4. The predicted molar refractivity (Wildman–Crippen MR) is 79.5 cm³/mol. The summed E-state index contributed by atoms with van der Waals surface area (Å²) in [7, 11) is 0. The van der Waals surface area contributed by atoms with Crippen LogP contribution in [0.5, 0.6) is 0 Å². The zero-order valence-corrected chi connectivity index (χ0v) is 12.1. The second-order valence-electron chi connectivity index (χ2n) is 5.92. The van der Waals surface area contributed by atoms with Crippen LogP contribution in [0.4, 0.5) is 10.5 Å². The van der Waals surface area contributed by atoms with Gasteiger partial charge in [-0.2, -0.15) is 0 Å². The molecule has 5 heteroatoms. The molecule has 4 nitrogen and oxygen atoms in total. The van der Waals surface area contributed by atoms with E-state index in [0.29, 0.717) is 13.1 Å². The maximum Gasteiger partial charge on any atom is 0.407 e. The van der Waals surface area contributed by atoms with Crippen LogP contribution in [0.3, 0.4) is 0 Å². The predicted octanol–water partition coefficient (Wildman–Crippen LogP) is 3.31. The Morgan fingerprint density at radius 3 is 2.25 bits per heavy atom. The summed E-state index contributed by atoms with van der Waals surface area (Å²) in [5, 5.41) is 9.85. The quantitative estimate of drug-likeness (QED) is 0.864. The molecule has 0 aliphatic carbocycles. The van der Waals surface area contributed by atoms with Crippen molar-refractivity contribution in [1.29, 1.82) is 0 Å². The van der Waals surface area contributed by atoms with Gasteiger partial charge in [0.15, 0.2) is 0 Å². The molecule has 20 heavy (non-hydrogen) atoms. The zero-order chi connectivity index (χ0) is 14.2. The van der Waals surface area contributed by atoms with Crippen molar-refractivity contribution in [1.82, 2.24) is 4.90 Å². The molecule has 2 fully saturated rings. The number of rotatable bonds is 1. The standard InChI is InChI=1S/C15H19ClN2O2/c16-12-1-3-13(4-2-12)17-8-5-15(6-9-17)7-10-18(11-15)14(19)20/h1-4H,5-11H2,(H,19,20). The molecule has 1 N–H and O–H groups in total. The van der Waals surface area contributed by atoms with Gasteiger partial charge in [0.2, 0.25) is 0 Å². The molecule has 2 saturated heterocycles. The van der Waals surface area contributed by atoms with Gasteiger partial charge in [0.1, 0.15) is 0 Å². The second kappa shape index (κ2) is 5.17. The van der Waals surface area contributed by atoms with Crippen molar-refractivity contribution >= 4 is 23.4 Å². The number of carboxylic acid groups (broad SMARTS) is 1. The summed E-state index contributed by atoms with van der Waals surface area (Å²) in [6.07, 6.45) is 2.37. The number of likely N-dealkylation sites (tertiary alicyclic amines) is 1. The molecule has 0 aromatic heterocycles. The molecule has 2 aliphatic heterocycles. The molecule has 0 bridgehead atoms.